The summed E-state index contributed by atoms with van der Waals surface area (Å²) in [6, 6.07) is 10.8. The van der Waals surface area contributed by atoms with Gasteiger partial charge in [0.2, 0.25) is 5.75 Å². The zero-order chi connectivity index (χ0) is 24.5. The third-order valence-electron chi connectivity index (χ3n) is 4.51. The standard InChI is InChI=1S/C24H27N3O5S2/c1-5-30-19-12-16(13-20(31-6-2)21(19)32-7-3)22(28)26-23(33)27-24-25-18(14-34-24)15-8-10-17(29-4)11-9-15/h8-14H,5-7H2,1-4H3,(H2,25,26,27,28,33). The zero-order valence-electron chi connectivity index (χ0n) is 19.5. The van der Waals surface area contributed by atoms with Gasteiger partial charge in [0.05, 0.1) is 32.6 Å². The van der Waals surface area contributed by atoms with E-state index in [4.69, 9.17) is 31.2 Å². The number of nitrogens with one attached hydrogen (secondary N) is 2. The molecule has 0 aliphatic carbocycles. The number of amides is 1. The van der Waals surface area contributed by atoms with E-state index in [0.29, 0.717) is 47.8 Å². The van der Waals surface area contributed by atoms with Gasteiger partial charge < -0.3 is 24.3 Å². The number of aromatic nitrogens is 1. The minimum absolute atomic E-state index is 0.130. The first-order valence-electron chi connectivity index (χ1n) is 10.8. The Morgan fingerprint density at radius 3 is 2.18 bits per heavy atom. The molecule has 180 valence electrons. The van der Waals surface area contributed by atoms with Crippen LogP contribution in [-0.4, -0.2) is 42.9 Å². The van der Waals surface area contributed by atoms with Gasteiger partial charge in [0.15, 0.2) is 21.7 Å². The largest absolute Gasteiger partial charge is 0.497 e. The molecule has 0 atom stereocenters. The molecule has 1 aromatic heterocycles. The smallest absolute Gasteiger partial charge is 0.257 e. The molecule has 2 N–H and O–H groups in total. The number of thiocarbonyl (C=S) groups is 1. The van der Waals surface area contributed by atoms with Gasteiger partial charge >= 0.3 is 0 Å². The van der Waals surface area contributed by atoms with Crippen molar-refractivity contribution in [2.75, 3.05) is 32.2 Å². The number of carbonyl (C=O) groups is 1. The highest BCUT2D eigenvalue weighted by molar-refractivity contribution is 7.80. The van der Waals surface area contributed by atoms with E-state index < -0.39 is 5.91 Å². The average Bonchev–Trinajstić information content (AvgIpc) is 3.29. The number of methoxy groups -OCH3 is 1. The average molecular weight is 502 g/mol. The zero-order valence-corrected chi connectivity index (χ0v) is 21.1. The summed E-state index contributed by atoms with van der Waals surface area (Å²) < 4.78 is 22.2. The summed E-state index contributed by atoms with van der Waals surface area (Å²) >= 11 is 6.71. The monoisotopic (exact) mass is 501 g/mol. The Hall–Kier alpha value is -3.37. The van der Waals surface area contributed by atoms with Gasteiger partial charge in [-0.1, -0.05) is 0 Å². The van der Waals surface area contributed by atoms with Crippen LogP contribution in [0.5, 0.6) is 23.0 Å². The van der Waals surface area contributed by atoms with E-state index in [-0.39, 0.29) is 5.11 Å². The van der Waals surface area contributed by atoms with Crippen LogP contribution < -0.4 is 29.6 Å². The lowest BCUT2D eigenvalue weighted by Gasteiger charge is -2.17. The molecule has 2 aromatic carbocycles. The number of thiazole rings is 1. The van der Waals surface area contributed by atoms with Gasteiger partial charge in [0.1, 0.15) is 5.75 Å². The summed E-state index contributed by atoms with van der Waals surface area (Å²) in [5, 5.41) is 8.24. The maximum Gasteiger partial charge on any atom is 0.257 e. The molecule has 8 nitrogen and oxygen atoms in total. The van der Waals surface area contributed by atoms with E-state index in [9.17, 15) is 4.79 Å². The van der Waals surface area contributed by atoms with E-state index in [0.717, 1.165) is 17.0 Å². The van der Waals surface area contributed by atoms with Gasteiger partial charge in [0.25, 0.3) is 5.91 Å². The van der Waals surface area contributed by atoms with E-state index in [1.807, 2.05) is 50.4 Å². The molecule has 0 radical (unpaired) electrons. The van der Waals surface area contributed by atoms with E-state index in [2.05, 4.69) is 15.6 Å². The summed E-state index contributed by atoms with van der Waals surface area (Å²) in [6.07, 6.45) is 0. The maximum absolute atomic E-state index is 12.9. The molecule has 0 bridgehead atoms. The van der Waals surface area contributed by atoms with Gasteiger partial charge in [-0.05, 0) is 69.4 Å². The van der Waals surface area contributed by atoms with Gasteiger partial charge in [-0.3, -0.25) is 10.1 Å². The molecular weight excluding hydrogens is 474 g/mol. The molecule has 10 heteroatoms. The van der Waals surface area contributed by atoms with Gasteiger partial charge in [-0.15, -0.1) is 11.3 Å². The molecule has 34 heavy (non-hydrogen) atoms. The predicted molar refractivity (Wildman–Crippen MR) is 138 cm³/mol. The van der Waals surface area contributed by atoms with Crippen molar-refractivity contribution in [3.63, 3.8) is 0 Å². The summed E-state index contributed by atoms with van der Waals surface area (Å²) in [6.45, 7) is 6.85. The molecule has 3 rings (SSSR count). The molecule has 0 unspecified atom stereocenters. The minimum Gasteiger partial charge on any atom is -0.497 e. The van der Waals surface area contributed by atoms with Crippen molar-refractivity contribution in [1.29, 1.82) is 0 Å². The summed E-state index contributed by atoms with van der Waals surface area (Å²) in [5.74, 6) is 1.70. The molecule has 0 saturated carbocycles. The summed E-state index contributed by atoms with van der Waals surface area (Å²) in [5.41, 5.74) is 2.07. The Labute approximate surface area is 208 Å². The Kier molecular flexibility index (Phi) is 9.06. The molecule has 0 spiro atoms. The quantitative estimate of drug-likeness (QED) is 0.369. The second-order valence-electron chi connectivity index (χ2n) is 6.78. The number of nitrogens with zero attached hydrogens (tertiary/aromatic N) is 1. The topological polar surface area (TPSA) is 90.9 Å². The maximum atomic E-state index is 12.9. The van der Waals surface area contributed by atoms with Gasteiger partial charge in [-0.2, -0.15) is 0 Å². The lowest BCUT2D eigenvalue weighted by Crippen LogP contribution is -2.34. The predicted octanol–water partition coefficient (Wildman–Crippen LogP) is 5.14. The fourth-order valence-corrected chi connectivity index (χ4v) is 4.03. The fraction of sp³-hybridized carbons (Fsp3) is 0.292. The van der Waals surface area contributed by atoms with Crippen LogP contribution in [-0.2, 0) is 0 Å². The highest BCUT2D eigenvalue weighted by Gasteiger charge is 2.19. The van der Waals surface area contributed by atoms with E-state index in [1.54, 1.807) is 19.2 Å². The van der Waals surface area contributed by atoms with Crippen molar-refractivity contribution < 1.29 is 23.7 Å². The highest BCUT2D eigenvalue weighted by Crippen LogP contribution is 2.39. The van der Waals surface area contributed by atoms with Crippen molar-refractivity contribution in [1.82, 2.24) is 10.3 Å². The lowest BCUT2D eigenvalue weighted by atomic mass is 10.1. The number of anilines is 1. The highest BCUT2D eigenvalue weighted by atomic mass is 32.1. The third kappa shape index (κ3) is 6.36. The van der Waals surface area contributed by atoms with Crippen LogP contribution in [0, 0.1) is 0 Å². The Bertz CT molecular complexity index is 1100. The Balaban J connectivity index is 1.71. The molecule has 3 aromatic rings. The molecule has 1 heterocycles. The number of benzene rings is 2. The molecule has 1 amide bonds. The van der Waals surface area contributed by atoms with E-state index >= 15 is 0 Å². The number of carbonyl (C=O) groups excluding carboxylic acids is 1. The van der Waals surface area contributed by atoms with Gasteiger partial charge in [0, 0.05) is 16.5 Å². The molecule has 0 fully saturated rings. The Morgan fingerprint density at radius 2 is 1.62 bits per heavy atom. The molecule has 0 aliphatic heterocycles. The van der Waals surface area contributed by atoms with Crippen LogP contribution in [0.15, 0.2) is 41.8 Å². The van der Waals surface area contributed by atoms with E-state index in [1.165, 1.54) is 11.3 Å². The molecule has 0 saturated heterocycles. The van der Waals surface area contributed by atoms with Crippen LogP contribution in [0.3, 0.4) is 0 Å². The van der Waals surface area contributed by atoms with Crippen LogP contribution in [0.25, 0.3) is 11.3 Å². The number of hydrogen-bond acceptors (Lipinski definition) is 8. The van der Waals surface area contributed by atoms with Crippen molar-refractivity contribution in [3.05, 3.63) is 47.3 Å². The lowest BCUT2D eigenvalue weighted by molar-refractivity contribution is 0.0976. The van der Waals surface area contributed by atoms with Crippen molar-refractivity contribution in [3.8, 4) is 34.3 Å². The van der Waals surface area contributed by atoms with Gasteiger partial charge in [-0.25, -0.2) is 4.98 Å². The summed E-state index contributed by atoms with van der Waals surface area (Å²) in [7, 11) is 1.62. The normalized spacial score (nSPS) is 10.4. The number of rotatable bonds is 10. The summed E-state index contributed by atoms with van der Waals surface area (Å²) in [4.78, 5) is 17.4. The second-order valence-corrected chi connectivity index (χ2v) is 8.04. The third-order valence-corrected chi connectivity index (χ3v) is 5.47. The first-order valence-corrected chi connectivity index (χ1v) is 12.1. The SMILES string of the molecule is CCOc1cc(C(=O)NC(=S)Nc2nc(-c3ccc(OC)cc3)cs2)cc(OCC)c1OCC. The van der Waals surface area contributed by atoms with Crippen molar-refractivity contribution in [2.45, 2.75) is 20.8 Å². The van der Waals surface area contributed by atoms with Crippen LogP contribution in [0.4, 0.5) is 5.13 Å². The molecular formula is C24H27N3O5S2. The van der Waals surface area contributed by atoms with Crippen LogP contribution in [0.2, 0.25) is 0 Å². The first kappa shape index (κ1) is 25.3. The van der Waals surface area contributed by atoms with Crippen LogP contribution >= 0.6 is 23.6 Å². The fourth-order valence-electron chi connectivity index (χ4n) is 3.05. The number of hydrogen-bond donors (Lipinski definition) is 2. The first-order chi connectivity index (χ1) is 16.5. The van der Waals surface area contributed by atoms with Crippen molar-refractivity contribution >= 4 is 39.7 Å². The molecule has 0 aliphatic rings. The van der Waals surface area contributed by atoms with Crippen LogP contribution in [0.1, 0.15) is 31.1 Å². The second kappa shape index (κ2) is 12.2. The minimum atomic E-state index is -0.408. The Morgan fingerprint density at radius 1 is 1.00 bits per heavy atom. The van der Waals surface area contributed by atoms with Crippen molar-refractivity contribution in [2.24, 2.45) is 0 Å². The number of ether oxygens (including phenoxy) is 4.